The first kappa shape index (κ1) is 14.4. The first-order valence-electron chi connectivity index (χ1n) is 6.95. The zero-order valence-corrected chi connectivity index (χ0v) is 11.7. The third-order valence-electron chi connectivity index (χ3n) is 3.42. The number of carbonyl (C=O) groups is 2. The summed E-state index contributed by atoms with van der Waals surface area (Å²) in [6.07, 6.45) is 2.32. The smallest absolute Gasteiger partial charge is 0.325 e. The van der Waals surface area contributed by atoms with E-state index in [0.29, 0.717) is 18.2 Å². The van der Waals surface area contributed by atoms with Crippen molar-refractivity contribution < 1.29 is 14.7 Å². The van der Waals surface area contributed by atoms with E-state index in [-0.39, 0.29) is 12.6 Å². The van der Waals surface area contributed by atoms with Gasteiger partial charge in [-0.15, -0.1) is 0 Å². The van der Waals surface area contributed by atoms with Gasteiger partial charge in [0.15, 0.2) is 0 Å². The fourth-order valence-electron chi connectivity index (χ4n) is 2.14. The second kappa shape index (κ2) is 6.41. The van der Waals surface area contributed by atoms with Crippen LogP contribution in [-0.4, -0.2) is 41.6 Å². The van der Waals surface area contributed by atoms with E-state index < -0.39 is 5.97 Å². The molecule has 5 heteroatoms. The van der Waals surface area contributed by atoms with Gasteiger partial charge in [0.2, 0.25) is 0 Å². The van der Waals surface area contributed by atoms with Crippen LogP contribution in [0.5, 0.6) is 0 Å². The molecular weight excluding hydrogens is 256 g/mol. The average Bonchev–Trinajstić information content (AvgIpc) is 3.26. The number of hydrogen-bond donors (Lipinski definition) is 1. The highest BCUT2D eigenvalue weighted by Crippen LogP contribution is 2.30. The lowest BCUT2D eigenvalue weighted by Gasteiger charge is -2.29. The number of anilines is 1. The van der Waals surface area contributed by atoms with Gasteiger partial charge in [-0.25, -0.2) is 4.79 Å². The third kappa shape index (κ3) is 3.73. The van der Waals surface area contributed by atoms with Crippen molar-refractivity contribution in [1.82, 2.24) is 4.90 Å². The number of rotatable bonds is 6. The molecule has 1 saturated carbocycles. The first-order valence-corrected chi connectivity index (χ1v) is 6.95. The molecule has 0 saturated heterocycles. The minimum Gasteiger partial charge on any atom is -0.480 e. The topological polar surface area (TPSA) is 60.9 Å². The molecule has 1 fully saturated rings. The second-order valence-corrected chi connectivity index (χ2v) is 5.08. The van der Waals surface area contributed by atoms with Crippen molar-refractivity contribution in [3.63, 3.8) is 0 Å². The summed E-state index contributed by atoms with van der Waals surface area (Å²) in [6, 6.07) is 8.73. The van der Waals surface area contributed by atoms with E-state index in [9.17, 15) is 9.59 Å². The maximum absolute atomic E-state index is 12.6. The second-order valence-electron chi connectivity index (χ2n) is 5.08. The van der Waals surface area contributed by atoms with Gasteiger partial charge in [0.1, 0.15) is 6.54 Å². The summed E-state index contributed by atoms with van der Waals surface area (Å²) in [6.45, 7) is 2.92. The Morgan fingerprint density at radius 3 is 2.40 bits per heavy atom. The van der Waals surface area contributed by atoms with Crippen LogP contribution in [0.25, 0.3) is 0 Å². The number of nitrogens with zero attached hydrogens (tertiary/aromatic N) is 2. The minimum absolute atomic E-state index is 0.229. The van der Waals surface area contributed by atoms with E-state index in [0.717, 1.165) is 19.4 Å². The Labute approximate surface area is 118 Å². The molecule has 0 aliphatic heterocycles. The number of carboxylic acids is 1. The number of aliphatic carboxylic acids is 1. The lowest BCUT2D eigenvalue weighted by atomic mass is 10.3. The van der Waals surface area contributed by atoms with Crippen molar-refractivity contribution >= 4 is 17.7 Å². The molecule has 1 aromatic rings. The molecule has 1 aromatic carbocycles. The van der Waals surface area contributed by atoms with Gasteiger partial charge in [0, 0.05) is 18.8 Å². The fraction of sp³-hybridized carbons (Fsp3) is 0.467. The summed E-state index contributed by atoms with van der Waals surface area (Å²) < 4.78 is 0. The van der Waals surface area contributed by atoms with E-state index in [1.165, 1.54) is 4.90 Å². The average molecular weight is 276 g/mol. The number of hydrogen-bond acceptors (Lipinski definition) is 2. The maximum Gasteiger partial charge on any atom is 0.325 e. The molecule has 1 aliphatic rings. The number of benzene rings is 1. The molecule has 0 radical (unpaired) electrons. The Morgan fingerprint density at radius 1 is 1.25 bits per heavy atom. The summed E-state index contributed by atoms with van der Waals surface area (Å²) in [5, 5.41) is 9.03. The van der Waals surface area contributed by atoms with Crippen LogP contribution in [0.1, 0.15) is 19.8 Å². The molecule has 5 nitrogen and oxygen atoms in total. The molecule has 0 heterocycles. The van der Waals surface area contributed by atoms with Gasteiger partial charge in [-0.05, 0) is 37.8 Å². The molecule has 2 amide bonds. The van der Waals surface area contributed by atoms with E-state index >= 15 is 0 Å². The highest BCUT2D eigenvalue weighted by molar-refractivity contribution is 5.96. The summed E-state index contributed by atoms with van der Waals surface area (Å²) in [5.41, 5.74) is 0.620. The summed E-state index contributed by atoms with van der Waals surface area (Å²) in [4.78, 5) is 26.6. The molecule has 0 bridgehead atoms. The van der Waals surface area contributed by atoms with Crippen LogP contribution in [0.4, 0.5) is 10.5 Å². The predicted molar refractivity (Wildman–Crippen MR) is 76.8 cm³/mol. The van der Waals surface area contributed by atoms with Crippen LogP contribution >= 0.6 is 0 Å². The Bertz CT molecular complexity index is 471. The SMILES string of the molecule is CCN(CC1CC1)C(=O)N(CC(=O)O)c1ccccc1. The van der Waals surface area contributed by atoms with Gasteiger partial charge in [0.05, 0.1) is 0 Å². The summed E-state index contributed by atoms with van der Waals surface area (Å²) in [7, 11) is 0. The van der Waals surface area contributed by atoms with Gasteiger partial charge >= 0.3 is 12.0 Å². The quantitative estimate of drug-likeness (QED) is 0.868. The molecule has 20 heavy (non-hydrogen) atoms. The van der Waals surface area contributed by atoms with Crippen LogP contribution in [0, 0.1) is 5.92 Å². The Hall–Kier alpha value is -2.04. The molecule has 108 valence electrons. The molecule has 0 unspecified atom stereocenters. The van der Waals surface area contributed by atoms with Crippen molar-refractivity contribution in [1.29, 1.82) is 0 Å². The summed E-state index contributed by atoms with van der Waals surface area (Å²) >= 11 is 0. The first-order chi connectivity index (χ1) is 9.61. The standard InChI is InChI=1S/C15H20N2O3/c1-2-16(10-12-8-9-12)15(20)17(11-14(18)19)13-6-4-3-5-7-13/h3-7,12H,2,8-11H2,1H3,(H,18,19). The van der Waals surface area contributed by atoms with E-state index in [4.69, 9.17) is 5.11 Å². The monoisotopic (exact) mass is 276 g/mol. The van der Waals surface area contributed by atoms with Crippen LogP contribution in [-0.2, 0) is 4.79 Å². The van der Waals surface area contributed by atoms with Crippen molar-refractivity contribution in [2.75, 3.05) is 24.5 Å². The largest absolute Gasteiger partial charge is 0.480 e. The molecule has 1 N–H and O–H groups in total. The molecule has 1 aliphatic carbocycles. The Balaban J connectivity index is 2.15. The third-order valence-corrected chi connectivity index (χ3v) is 3.42. The number of amides is 2. The van der Waals surface area contributed by atoms with Gasteiger partial charge in [-0.1, -0.05) is 18.2 Å². The molecular formula is C15H20N2O3. The minimum atomic E-state index is -1.01. The fourth-order valence-corrected chi connectivity index (χ4v) is 2.14. The molecule has 0 spiro atoms. The molecule has 0 aromatic heterocycles. The number of urea groups is 1. The van der Waals surface area contributed by atoms with Crippen LogP contribution < -0.4 is 4.90 Å². The van der Waals surface area contributed by atoms with E-state index in [1.54, 1.807) is 29.2 Å². The zero-order valence-electron chi connectivity index (χ0n) is 11.7. The van der Waals surface area contributed by atoms with E-state index in [2.05, 4.69) is 0 Å². The van der Waals surface area contributed by atoms with Gasteiger partial charge in [0.25, 0.3) is 0 Å². The van der Waals surface area contributed by atoms with Crippen molar-refractivity contribution in [3.8, 4) is 0 Å². The highest BCUT2D eigenvalue weighted by Gasteiger charge is 2.29. The predicted octanol–water partition coefficient (Wildman–Crippen LogP) is 2.43. The van der Waals surface area contributed by atoms with Gasteiger partial charge in [-0.2, -0.15) is 0 Å². The van der Waals surface area contributed by atoms with Gasteiger partial charge in [-0.3, -0.25) is 9.69 Å². The molecule has 0 atom stereocenters. The van der Waals surface area contributed by atoms with Crippen LogP contribution in [0.15, 0.2) is 30.3 Å². The molecule has 2 rings (SSSR count). The maximum atomic E-state index is 12.6. The van der Waals surface area contributed by atoms with Crippen molar-refractivity contribution in [2.24, 2.45) is 5.92 Å². The lowest BCUT2D eigenvalue weighted by Crippen LogP contribution is -2.46. The van der Waals surface area contributed by atoms with Crippen LogP contribution in [0.3, 0.4) is 0 Å². The lowest BCUT2D eigenvalue weighted by molar-refractivity contribution is -0.135. The van der Waals surface area contributed by atoms with Crippen LogP contribution in [0.2, 0.25) is 0 Å². The van der Waals surface area contributed by atoms with Gasteiger partial charge < -0.3 is 10.0 Å². The number of carbonyl (C=O) groups excluding carboxylic acids is 1. The normalized spacial score (nSPS) is 13.8. The summed E-state index contributed by atoms with van der Waals surface area (Å²) in [5.74, 6) is -0.425. The highest BCUT2D eigenvalue weighted by atomic mass is 16.4. The zero-order chi connectivity index (χ0) is 14.5. The van der Waals surface area contributed by atoms with Crippen molar-refractivity contribution in [2.45, 2.75) is 19.8 Å². The Kier molecular flexibility index (Phi) is 4.61. The number of carboxylic acid groups (broad SMARTS) is 1. The van der Waals surface area contributed by atoms with Crippen molar-refractivity contribution in [3.05, 3.63) is 30.3 Å². The van der Waals surface area contributed by atoms with E-state index in [1.807, 2.05) is 13.0 Å². The Morgan fingerprint density at radius 2 is 1.90 bits per heavy atom. The number of para-hydroxylation sites is 1.